The van der Waals surface area contributed by atoms with Crippen LogP contribution in [0.25, 0.3) is 5.57 Å². The molecule has 0 spiro atoms. The van der Waals surface area contributed by atoms with E-state index in [9.17, 15) is 9.70 Å². The fourth-order valence-corrected chi connectivity index (χ4v) is 1.85. The van der Waals surface area contributed by atoms with Crippen LogP contribution in [0.2, 0.25) is 0 Å². The number of aryl methyl sites for hydroxylation is 1. The molecule has 0 atom stereocenters. The molecule has 0 radical (unpaired) electrons. The topological polar surface area (TPSA) is 46.5 Å². The van der Waals surface area contributed by atoms with Gasteiger partial charge in [0.15, 0.2) is 0 Å². The van der Waals surface area contributed by atoms with Crippen molar-refractivity contribution >= 4 is 11.5 Å². The molecule has 0 aliphatic heterocycles. The molecule has 0 unspecified atom stereocenters. The van der Waals surface area contributed by atoms with Crippen LogP contribution in [0.5, 0.6) is 0 Å². The molecule has 98 valence electrons. The molecular weight excluding hydrogens is 238 g/mol. The van der Waals surface area contributed by atoms with Crippen molar-refractivity contribution in [2.45, 2.75) is 19.8 Å². The molecule has 0 bridgehead atoms. The predicted octanol–water partition coefficient (Wildman–Crippen LogP) is 4.06. The molecule has 1 rings (SSSR count). The Morgan fingerprint density at radius 2 is 2.11 bits per heavy atom. The fourth-order valence-electron chi connectivity index (χ4n) is 1.85. The van der Waals surface area contributed by atoms with E-state index in [0.29, 0.717) is 6.42 Å². The van der Waals surface area contributed by atoms with Crippen LogP contribution in [0.4, 0.5) is 0 Å². The highest BCUT2D eigenvalue weighted by atomic mass is 16.3. The van der Waals surface area contributed by atoms with E-state index in [4.69, 9.17) is 0 Å². The lowest BCUT2D eigenvalue weighted by atomic mass is 9.96. The number of nitrogens with zero attached hydrogens (tertiary/aromatic N) is 1. The van der Waals surface area contributed by atoms with E-state index in [1.807, 2.05) is 49.4 Å². The summed E-state index contributed by atoms with van der Waals surface area (Å²) < 4.78 is 0. The third-order valence-corrected chi connectivity index (χ3v) is 2.68. The normalized spacial score (nSPS) is 11.5. The molecule has 0 saturated heterocycles. The number of nitroso groups, excluding NO2 is 1. The van der Waals surface area contributed by atoms with Crippen molar-refractivity contribution in [3.63, 3.8) is 0 Å². The first-order chi connectivity index (χ1) is 9.22. The number of benzene rings is 1. The molecule has 0 aliphatic carbocycles. The zero-order valence-electron chi connectivity index (χ0n) is 11.0. The van der Waals surface area contributed by atoms with Crippen LogP contribution in [0, 0.1) is 4.91 Å². The number of amides is 1. The lowest BCUT2D eigenvalue weighted by molar-refractivity contribution is -0.117. The number of allylic oxidation sites excluding steroid dienone is 5. The van der Waals surface area contributed by atoms with Gasteiger partial charge in [-0.25, -0.2) is 0 Å². The monoisotopic (exact) mass is 255 g/mol. The van der Waals surface area contributed by atoms with Gasteiger partial charge in [-0.2, -0.15) is 0 Å². The zero-order valence-corrected chi connectivity index (χ0v) is 11.0. The second kappa shape index (κ2) is 7.93. The van der Waals surface area contributed by atoms with Crippen LogP contribution in [0.1, 0.15) is 24.5 Å². The molecule has 0 heterocycles. The summed E-state index contributed by atoms with van der Waals surface area (Å²) in [6, 6.07) is 7.80. The van der Waals surface area contributed by atoms with Crippen molar-refractivity contribution in [1.29, 1.82) is 0 Å². The Labute approximate surface area is 113 Å². The highest BCUT2D eigenvalue weighted by Gasteiger charge is 2.07. The van der Waals surface area contributed by atoms with E-state index < -0.39 is 5.91 Å². The zero-order chi connectivity index (χ0) is 14.1. The van der Waals surface area contributed by atoms with Crippen molar-refractivity contribution in [1.82, 2.24) is 0 Å². The van der Waals surface area contributed by atoms with Gasteiger partial charge >= 0.3 is 0 Å². The molecule has 1 aromatic carbocycles. The maximum atomic E-state index is 11.0. The average Bonchev–Trinajstić information content (AvgIpc) is 2.45. The molecule has 3 nitrogen and oxygen atoms in total. The maximum absolute atomic E-state index is 11.0. The highest BCUT2D eigenvalue weighted by molar-refractivity contribution is 5.79. The van der Waals surface area contributed by atoms with Crippen LogP contribution in [0.3, 0.4) is 0 Å². The quantitative estimate of drug-likeness (QED) is 0.568. The Bertz CT molecular complexity index is 527. The molecule has 3 heteroatoms. The van der Waals surface area contributed by atoms with Gasteiger partial charge in [0.05, 0.1) is 0 Å². The Balaban J connectivity index is 3.06. The number of carbonyl (C=O) groups excluding carboxylic acids is 1. The van der Waals surface area contributed by atoms with Gasteiger partial charge in [-0.15, -0.1) is 4.91 Å². The van der Waals surface area contributed by atoms with Gasteiger partial charge in [0.25, 0.3) is 5.91 Å². The van der Waals surface area contributed by atoms with E-state index in [1.54, 1.807) is 6.08 Å². The third-order valence-electron chi connectivity index (χ3n) is 2.68. The largest absolute Gasteiger partial charge is 0.286 e. The number of carbonyl (C=O) groups is 1. The predicted molar refractivity (Wildman–Crippen MR) is 78.6 cm³/mol. The molecular formula is C16H17NO2. The van der Waals surface area contributed by atoms with Crippen molar-refractivity contribution in [2.75, 3.05) is 0 Å². The second-order valence-corrected chi connectivity index (χ2v) is 4.00. The Kier molecular flexibility index (Phi) is 6.16. The Morgan fingerprint density at radius 1 is 1.37 bits per heavy atom. The van der Waals surface area contributed by atoms with Gasteiger partial charge in [-0.3, -0.25) is 4.79 Å². The van der Waals surface area contributed by atoms with Crippen LogP contribution >= 0.6 is 0 Å². The Morgan fingerprint density at radius 3 is 2.74 bits per heavy atom. The molecule has 0 aliphatic rings. The summed E-state index contributed by atoms with van der Waals surface area (Å²) in [4.78, 5) is 21.1. The summed E-state index contributed by atoms with van der Waals surface area (Å²) >= 11 is 0. The minimum Gasteiger partial charge on any atom is -0.269 e. The van der Waals surface area contributed by atoms with Crippen molar-refractivity contribution in [3.8, 4) is 0 Å². The van der Waals surface area contributed by atoms with Gasteiger partial charge in [0.1, 0.15) is 0 Å². The summed E-state index contributed by atoms with van der Waals surface area (Å²) in [5, 5.41) is 2.42. The van der Waals surface area contributed by atoms with Crippen LogP contribution in [0.15, 0.2) is 60.3 Å². The highest BCUT2D eigenvalue weighted by Crippen LogP contribution is 2.22. The summed E-state index contributed by atoms with van der Waals surface area (Å²) in [6.07, 6.45) is 8.22. The second-order valence-electron chi connectivity index (χ2n) is 4.00. The van der Waals surface area contributed by atoms with Crippen LogP contribution in [-0.4, -0.2) is 5.91 Å². The van der Waals surface area contributed by atoms with Crippen LogP contribution < -0.4 is 0 Å². The average molecular weight is 255 g/mol. The first-order valence-electron chi connectivity index (χ1n) is 6.12. The van der Waals surface area contributed by atoms with E-state index in [-0.39, 0.29) is 6.42 Å². The van der Waals surface area contributed by atoms with E-state index in [2.05, 4.69) is 11.8 Å². The molecule has 1 amide bonds. The first-order valence-corrected chi connectivity index (χ1v) is 6.12. The minimum atomic E-state index is -0.616. The van der Waals surface area contributed by atoms with Crippen molar-refractivity contribution < 1.29 is 4.79 Å². The molecule has 0 fully saturated rings. The van der Waals surface area contributed by atoms with E-state index in [0.717, 1.165) is 16.7 Å². The lowest BCUT2D eigenvalue weighted by Crippen LogP contribution is -1.98. The summed E-state index contributed by atoms with van der Waals surface area (Å²) in [5.74, 6) is -0.616. The number of hydrogen-bond acceptors (Lipinski definition) is 2. The number of rotatable bonds is 6. The maximum Gasteiger partial charge on any atom is 0.286 e. The summed E-state index contributed by atoms with van der Waals surface area (Å²) in [6.45, 7) is 5.65. The lowest BCUT2D eigenvalue weighted by Gasteiger charge is -2.09. The van der Waals surface area contributed by atoms with Crippen molar-refractivity contribution in [2.24, 2.45) is 5.18 Å². The van der Waals surface area contributed by atoms with Gasteiger partial charge in [0.2, 0.25) is 0 Å². The minimum absolute atomic E-state index is 0.137. The fraction of sp³-hybridized carbons (Fsp3) is 0.188. The van der Waals surface area contributed by atoms with Gasteiger partial charge in [-0.1, -0.05) is 55.1 Å². The first kappa shape index (κ1) is 14.8. The van der Waals surface area contributed by atoms with Crippen molar-refractivity contribution in [3.05, 3.63) is 71.2 Å². The van der Waals surface area contributed by atoms with Gasteiger partial charge in [0, 0.05) is 11.6 Å². The van der Waals surface area contributed by atoms with E-state index >= 15 is 0 Å². The smallest absolute Gasteiger partial charge is 0.269 e. The van der Waals surface area contributed by atoms with Crippen LogP contribution in [-0.2, 0) is 11.2 Å². The molecule has 19 heavy (non-hydrogen) atoms. The summed E-state index contributed by atoms with van der Waals surface area (Å²) in [7, 11) is 0. The van der Waals surface area contributed by atoms with Gasteiger partial charge < -0.3 is 0 Å². The standard InChI is InChI=1S/C16H17NO2/c1-3-7-13(8-4-2)15-10-6-5-9-14(15)11-12-16(18)17-19/h3-10H,1,11-12H2,2H3/b8-4-,13-7+. The van der Waals surface area contributed by atoms with E-state index in [1.165, 1.54) is 0 Å². The molecule has 0 N–H and O–H groups in total. The molecule has 0 aromatic heterocycles. The van der Waals surface area contributed by atoms with Gasteiger partial charge in [-0.05, 0) is 30.0 Å². The number of hydrogen-bond donors (Lipinski definition) is 0. The summed E-state index contributed by atoms with van der Waals surface area (Å²) in [5.41, 5.74) is 3.09. The molecule has 1 aromatic rings. The SMILES string of the molecule is C=C/C=C(\C=C/C)c1ccccc1CCC(=O)N=O. The molecule has 0 saturated carbocycles. The Hall–Kier alpha value is -2.29. The third kappa shape index (κ3) is 4.47.